The molecule has 3 aromatic heterocycles. The number of imidazole rings is 1. The van der Waals surface area contributed by atoms with Gasteiger partial charge in [0.15, 0.2) is 11.5 Å². The number of amides is 2. The third-order valence-corrected chi connectivity index (χ3v) is 8.62. The normalized spacial score (nSPS) is 16.5. The summed E-state index contributed by atoms with van der Waals surface area (Å²) in [6, 6.07) is 5.44. The van der Waals surface area contributed by atoms with Gasteiger partial charge in [-0.2, -0.15) is 5.10 Å². The zero-order valence-corrected chi connectivity index (χ0v) is 25.4. The molecule has 0 spiro atoms. The summed E-state index contributed by atoms with van der Waals surface area (Å²) in [5, 5.41) is 21.2. The van der Waals surface area contributed by atoms with Gasteiger partial charge in [0.25, 0.3) is 18.2 Å². The number of benzene rings is 1. The van der Waals surface area contributed by atoms with Crippen molar-refractivity contribution in [3.63, 3.8) is 0 Å². The molecule has 0 bridgehead atoms. The maximum atomic E-state index is 13.8. The average Bonchev–Trinajstić information content (AvgIpc) is 3.70. The molecule has 4 aromatic rings. The number of carbonyl (C=O) groups excluding carboxylic acids is 2. The van der Waals surface area contributed by atoms with Crippen LogP contribution in [0.25, 0.3) is 16.9 Å². The van der Waals surface area contributed by atoms with Gasteiger partial charge in [-0.25, -0.2) is 18.7 Å². The molecule has 14 heteroatoms. The summed E-state index contributed by atoms with van der Waals surface area (Å²) < 4.78 is 30.6. The number of rotatable bonds is 8. The minimum atomic E-state index is -2.80. The molecule has 240 valence electrons. The highest BCUT2D eigenvalue weighted by atomic mass is 19.3. The van der Waals surface area contributed by atoms with Crippen molar-refractivity contribution in [3.05, 3.63) is 59.8 Å². The minimum absolute atomic E-state index is 0.0569. The molecule has 0 atom stereocenters. The van der Waals surface area contributed by atoms with Crippen LogP contribution < -0.4 is 10.6 Å². The number of aromatic nitrogens is 5. The molecular formula is C32H35F2N9O3. The molecule has 46 heavy (non-hydrogen) atoms. The van der Waals surface area contributed by atoms with Gasteiger partial charge in [0.2, 0.25) is 0 Å². The molecule has 2 fully saturated rings. The number of carbonyl (C=O) groups is 2. The quantitative estimate of drug-likeness (QED) is 0.253. The van der Waals surface area contributed by atoms with Crippen LogP contribution in [0.2, 0.25) is 0 Å². The number of anilines is 2. The Kier molecular flexibility index (Phi) is 8.70. The van der Waals surface area contributed by atoms with Gasteiger partial charge in [0.05, 0.1) is 11.9 Å². The third-order valence-electron chi connectivity index (χ3n) is 8.62. The molecular weight excluding hydrogens is 596 g/mol. The number of terminal acetylenes is 1. The monoisotopic (exact) mass is 631 g/mol. The first-order valence-corrected chi connectivity index (χ1v) is 15.3. The molecule has 6 rings (SSSR count). The summed E-state index contributed by atoms with van der Waals surface area (Å²) in [7, 11) is 0. The van der Waals surface area contributed by atoms with Crippen molar-refractivity contribution >= 4 is 29.0 Å². The lowest BCUT2D eigenvalue weighted by Gasteiger charge is -2.40. The summed E-state index contributed by atoms with van der Waals surface area (Å²) in [6.07, 6.45) is 10.1. The van der Waals surface area contributed by atoms with Gasteiger partial charge in [0, 0.05) is 61.6 Å². The maximum Gasteiger partial charge on any atom is 0.282 e. The van der Waals surface area contributed by atoms with Crippen LogP contribution in [0.3, 0.4) is 0 Å². The highest BCUT2D eigenvalue weighted by Crippen LogP contribution is 2.32. The molecule has 3 N–H and O–H groups in total. The van der Waals surface area contributed by atoms with E-state index in [1.807, 2.05) is 13.0 Å². The van der Waals surface area contributed by atoms with Crippen molar-refractivity contribution in [2.75, 3.05) is 44.6 Å². The number of halogens is 2. The van der Waals surface area contributed by atoms with Crippen molar-refractivity contribution in [2.24, 2.45) is 0 Å². The topological polar surface area (TPSA) is 133 Å². The van der Waals surface area contributed by atoms with E-state index in [0.717, 1.165) is 5.56 Å². The first-order valence-electron chi connectivity index (χ1n) is 15.3. The van der Waals surface area contributed by atoms with Crippen LogP contribution >= 0.6 is 0 Å². The van der Waals surface area contributed by atoms with Crippen molar-refractivity contribution in [1.82, 2.24) is 39.3 Å². The fourth-order valence-electron chi connectivity index (χ4n) is 6.12. The zero-order valence-electron chi connectivity index (χ0n) is 25.4. The minimum Gasteiger partial charge on any atom is -0.380 e. The Morgan fingerprint density at radius 2 is 1.89 bits per heavy atom. The molecule has 2 aliphatic rings. The Morgan fingerprint density at radius 3 is 2.59 bits per heavy atom. The lowest BCUT2D eigenvalue weighted by Crippen LogP contribution is -2.59. The zero-order chi connectivity index (χ0) is 32.4. The fourth-order valence-corrected chi connectivity index (χ4v) is 6.12. The number of piperidine rings is 1. The van der Waals surface area contributed by atoms with E-state index < -0.39 is 12.0 Å². The van der Waals surface area contributed by atoms with E-state index in [4.69, 9.17) is 6.42 Å². The third kappa shape index (κ3) is 5.91. The summed E-state index contributed by atoms with van der Waals surface area (Å²) in [6.45, 7) is 4.72. The summed E-state index contributed by atoms with van der Waals surface area (Å²) in [4.78, 5) is 38.9. The molecule has 12 nitrogen and oxygen atoms in total. The standard InChI is InChI=1S/C32H35F2N9O3/c1-3-12-42-20-24(26(39-42)27(33)34)25-19-37-29-28(36-11-13-43(25)29)38-22-5-6-23(21(4-2)18-22)30(44)40-14-16-41(17-15-40)31(45)32(46)7-9-35-10-8-32/h1,5-6,11,13,18-20,27,35,46H,4,7-10,12,14-17H2,2H3,(H,36,38). The molecule has 0 aliphatic carbocycles. The van der Waals surface area contributed by atoms with Crippen molar-refractivity contribution < 1.29 is 23.5 Å². The van der Waals surface area contributed by atoms with Crippen LogP contribution in [0.5, 0.6) is 0 Å². The van der Waals surface area contributed by atoms with Crippen molar-refractivity contribution in [3.8, 4) is 23.6 Å². The molecule has 5 heterocycles. The number of piperazine rings is 1. The second kappa shape index (κ2) is 12.9. The van der Waals surface area contributed by atoms with E-state index in [0.29, 0.717) is 86.9 Å². The Bertz CT molecular complexity index is 1800. The van der Waals surface area contributed by atoms with E-state index in [1.54, 1.807) is 38.7 Å². The predicted octanol–water partition coefficient (Wildman–Crippen LogP) is 2.87. The first-order chi connectivity index (χ1) is 22.2. The van der Waals surface area contributed by atoms with Crippen LogP contribution in [0.1, 0.15) is 47.8 Å². The van der Waals surface area contributed by atoms with Crippen LogP contribution in [0.4, 0.5) is 20.3 Å². The Balaban J connectivity index is 1.18. The molecule has 1 aromatic carbocycles. The molecule has 2 aliphatic heterocycles. The maximum absolute atomic E-state index is 13.8. The lowest BCUT2D eigenvalue weighted by atomic mass is 9.90. The first kappa shape index (κ1) is 31.1. The predicted molar refractivity (Wildman–Crippen MR) is 167 cm³/mol. The number of alkyl halides is 2. The second-order valence-corrected chi connectivity index (χ2v) is 11.5. The second-order valence-electron chi connectivity index (χ2n) is 11.5. The average molecular weight is 632 g/mol. The van der Waals surface area contributed by atoms with E-state index in [2.05, 4.69) is 31.6 Å². The van der Waals surface area contributed by atoms with E-state index in [-0.39, 0.29) is 29.6 Å². The van der Waals surface area contributed by atoms with Crippen LogP contribution in [0, 0.1) is 12.3 Å². The Labute approximate surface area is 264 Å². The summed E-state index contributed by atoms with van der Waals surface area (Å²) in [5.41, 5.74) is 1.41. The molecule has 2 amide bonds. The summed E-state index contributed by atoms with van der Waals surface area (Å²) >= 11 is 0. The van der Waals surface area contributed by atoms with Gasteiger partial charge in [-0.1, -0.05) is 12.8 Å². The molecule has 0 radical (unpaired) electrons. The van der Waals surface area contributed by atoms with Gasteiger partial charge in [0.1, 0.15) is 17.8 Å². The van der Waals surface area contributed by atoms with Crippen molar-refractivity contribution in [1.29, 1.82) is 0 Å². The number of nitrogens with zero attached hydrogens (tertiary/aromatic N) is 7. The summed E-state index contributed by atoms with van der Waals surface area (Å²) in [5.74, 6) is 2.43. The van der Waals surface area contributed by atoms with E-state index in [9.17, 15) is 23.5 Å². The number of aliphatic hydroxyl groups is 1. The van der Waals surface area contributed by atoms with Gasteiger partial charge >= 0.3 is 0 Å². The number of fused-ring (bicyclic) bond motifs is 1. The van der Waals surface area contributed by atoms with Crippen molar-refractivity contribution in [2.45, 2.75) is 44.8 Å². The highest BCUT2D eigenvalue weighted by molar-refractivity contribution is 5.96. The highest BCUT2D eigenvalue weighted by Gasteiger charge is 2.41. The van der Waals surface area contributed by atoms with Gasteiger partial charge in [-0.15, -0.1) is 6.42 Å². The lowest BCUT2D eigenvalue weighted by molar-refractivity contribution is -0.155. The van der Waals surface area contributed by atoms with E-state index >= 15 is 0 Å². The smallest absolute Gasteiger partial charge is 0.282 e. The molecule has 0 saturated carbocycles. The largest absolute Gasteiger partial charge is 0.380 e. The van der Waals surface area contributed by atoms with Gasteiger partial charge in [-0.05, 0) is 56.1 Å². The van der Waals surface area contributed by atoms with Crippen LogP contribution in [0.15, 0.2) is 43.0 Å². The Hall–Kier alpha value is -4.87. The number of aryl methyl sites for hydroxylation is 1. The fraction of sp³-hybridized carbons (Fsp3) is 0.406. The van der Waals surface area contributed by atoms with E-state index in [1.165, 1.54) is 17.1 Å². The Morgan fingerprint density at radius 1 is 1.15 bits per heavy atom. The number of hydrogen-bond acceptors (Lipinski definition) is 8. The number of nitrogens with one attached hydrogen (secondary N) is 2. The van der Waals surface area contributed by atoms with Gasteiger partial charge < -0.3 is 25.5 Å². The van der Waals surface area contributed by atoms with Gasteiger partial charge in [-0.3, -0.25) is 18.7 Å². The SMILES string of the molecule is C#CCn1cc(-c2cnc3c(Nc4ccc(C(=O)N5CCN(C(=O)C6(O)CCNCC6)CC5)c(CC)c4)nccn23)c(C(F)F)n1. The van der Waals surface area contributed by atoms with Crippen LogP contribution in [-0.2, 0) is 17.8 Å². The number of hydrogen-bond donors (Lipinski definition) is 3. The molecule has 0 unspecified atom stereocenters. The molecule has 2 saturated heterocycles. The van der Waals surface area contributed by atoms with Crippen LogP contribution in [-0.4, -0.2) is 95.7 Å².